The summed E-state index contributed by atoms with van der Waals surface area (Å²) in [4.78, 5) is 14.2. The summed E-state index contributed by atoms with van der Waals surface area (Å²) in [6.45, 7) is 9.99. The van der Waals surface area contributed by atoms with Crippen LogP contribution in [0.1, 0.15) is 60.3 Å². The first-order chi connectivity index (χ1) is 8.17. The first-order valence-electron chi connectivity index (χ1n) is 6.80. The molecule has 0 aromatic heterocycles. The number of aliphatic hydroxyl groups excluding tert-OH is 1. The topological polar surface area (TPSA) is 49.8 Å². The van der Waals surface area contributed by atoms with Gasteiger partial charge in [-0.2, -0.15) is 0 Å². The van der Waals surface area contributed by atoms with Gasteiger partial charge in [0.1, 0.15) is 5.60 Å². The van der Waals surface area contributed by atoms with Crippen LogP contribution >= 0.6 is 0 Å². The lowest BCUT2D eigenvalue weighted by Crippen LogP contribution is -2.49. The van der Waals surface area contributed by atoms with Crippen molar-refractivity contribution in [1.29, 1.82) is 0 Å². The van der Waals surface area contributed by atoms with Crippen LogP contribution in [0.3, 0.4) is 0 Å². The van der Waals surface area contributed by atoms with Crippen molar-refractivity contribution in [2.45, 2.75) is 77.5 Å². The van der Waals surface area contributed by atoms with Gasteiger partial charge in [-0.25, -0.2) is 4.79 Å². The van der Waals surface area contributed by atoms with Gasteiger partial charge in [-0.05, 0) is 60.3 Å². The van der Waals surface area contributed by atoms with Crippen LogP contribution in [0.4, 0.5) is 4.79 Å². The fraction of sp³-hybridized carbons (Fsp3) is 0.929. The number of hydrogen-bond donors (Lipinski definition) is 1. The standard InChI is InChI=1S/C14H27NO3/c1-13(2,3)18-12(17)15-11(7-6-10-16)8-9-14(15,4)5/h11,16H,6-10H2,1-5H3. The molecule has 1 N–H and O–H groups in total. The molecule has 1 heterocycles. The number of carbonyl (C=O) groups is 1. The second-order valence-corrected chi connectivity index (χ2v) is 6.72. The number of rotatable bonds is 3. The van der Waals surface area contributed by atoms with Crippen molar-refractivity contribution in [1.82, 2.24) is 4.90 Å². The van der Waals surface area contributed by atoms with E-state index in [0.717, 1.165) is 25.7 Å². The van der Waals surface area contributed by atoms with Gasteiger partial charge in [0.15, 0.2) is 0 Å². The van der Waals surface area contributed by atoms with E-state index in [1.807, 2.05) is 25.7 Å². The summed E-state index contributed by atoms with van der Waals surface area (Å²) in [5.74, 6) is 0. The van der Waals surface area contributed by atoms with E-state index < -0.39 is 5.60 Å². The number of hydrogen-bond acceptors (Lipinski definition) is 3. The molecule has 1 rings (SSSR count). The van der Waals surface area contributed by atoms with Gasteiger partial charge < -0.3 is 14.7 Å². The molecule has 1 atom stereocenters. The largest absolute Gasteiger partial charge is 0.444 e. The molecule has 106 valence electrons. The average Bonchev–Trinajstić information content (AvgIpc) is 2.48. The first kappa shape index (κ1) is 15.3. The lowest BCUT2D eigenvalue weighted by atomic mass is 10.0. The van der Waals surface area contributed by atoms with E-state index >= 15 is 0 Å². The van der Waals surface area contributed by atoms with Gasteiger partial charge in [-0.1, -0.05) is 0 Å². The van der Waals surface area contributed by atoms with Crippen molar-refractivity contribution in [2.75, 3.05) is 6.61 Å². The van der Waals surface area contributed by atoms with Crippen molar-refractivity contribution < 1.29 is 14.6 Å². The molecule has 0 aliphatic carbocycles. The summed E-state index contributed by atoms with van der Waals surface area (Å²) >= 11 is 0. The predicted molar refractivity (Wildman–Crippen MR) is 71.5 cm³/mol. The third-order valence-corrected chi connectivity index (χ3v) is 3.39. The van der Waals surface area contributed by atoms with E-state index in [1.54, 1.807) is 0 Å². The summed E-state index contributed by atoms with van der Waals surface area (Å²) in [7, 11) is 0. The maximum absolute atomic E-state index is 12.3. The van der Waals surface area contributed by atoms with Gasteiger partial charge in [0, 0.05) is 18.2 Å². The summed E-state index contributed by atoms with van der Waals surface area (Å²) < 4.78 is 5.49. The Morgan fingerprint density at radius 2 is 2.06 bits per heavy atom. The Morgan fingerprint density at radius 3 is 2.56 bits per heavy atom. The van der Waals surface area contributed by atoms with Gasteiger partial charge in [0.2, 0.25) is 0 Å². The van der Waals surface area contributed by atoms with Crippen molar-refractivity contribution in [3.05, 3.63) is 0 Å². The van der Waals surface area contributed by atoms with Crippen molar-refractivity contribution in [2.24, 2.45) is 0 Å². The molecule has 0 saturated carbocycles. The Morgan fingerprint density at radius 1 is 1.44 bits per heavy atom. The van der Waals surface area contributed by atoms with E-state index in [0.29, 0.717) is 0 Å². The Balaban J connectivity index is 2.75. The molecule has 4 heteroatoms. The van der Waals surface area contributed by atoms with Gasteiger partial charge in [-0.15, -0.1) is 0 Å². The van der Waals surface area contributed by atoms with Crippen molar-refractivity contribution in [3.63, 3.8) is 0 Å². The van der Waals surface area contributed by atoms with Crippen molar-refractivity contribution in [3.8, 4) is 0 Å². The first-order valence-corrected chi connectivity index (χ1v) is 6.80. The van der Waals surface area contributed by atoms with Gasteiger partial charge in [0.25, 0.3) is 0 Å². The minimum Gasteiger partial charge on any atom is -0.444 e. The molecule has 1 fully saturated rings. The maximum Gasteiger partial charge on any atom is 0.410 e. The van der Waals surface area contributed by atoms with E-state index in [2.05, 4.69) is 13.8 Å². The monoisotopic (exact) mass is 257 g/mol. The molecule has 1 aliphatic rings. The van der Waals surface area contributed by atoms with Gasteiger partial charge >= 0.3 is 6.09 Å². The fourth-order valence-electron chi connectivity index (χ4n) is 2.57. The number of carbonyl (C=O) groups excluding carboxylic acids is 1. The van der Waals surface area contributed by atoms with Crippen LogP contribution in [0.25, 0.3) is 0 Å². The van der Waals surface area contributed by atoms with Gasteiger partial charge in [0.05, 0.1) is 0 Å². The molecule has 1 amide bonds. The fourth-order valence-corrected chi connectivity index (χ4v) is 2.57. The predicted octanol–water partition coefficient (Wildman–Crippen LogP) is 2.94. The summed E-state index contributed by atoms with van der Waals surface area (Å²) in [5.41, 5.74) is -0.611. The van der Waals surface area contributed by atoms with Crippen LogP contribution in [-0.2, 0) is 4.74 Å². The molecular formula is C14H27NO3. The number of likely N-dealkylation sites (tertiary alicyclic amines) is 1. The van der Waals surface area contributed by atoms with E-state index in [9.17, 15) is 4.79 Å². The highest BCUT2D eigenvalue weighted by Gasteiger charge is 2.43. The SMILES string of the molecule is CC(C)(C)OC(=O)N1C(CCCO)CCC1(C)C. The van der Waals surface area contributed by atoms with Gasteiger partial charge in [-0.3, -0.25) is 0 Å². The number of amides is 1. The smallest absolute Gasteiger partial charge is 0.410 e. The third-order valence-electron chi connectivity index (χ3n) is 3.39. The number of aliphatic hydroxyl groups is 1. The quantitative estimate of drug-likeness (QED) is 0.845. The van der Waals surface area contributed by atoms with E-state index in [1.165, 1.54) is 0 Å². The maximum atomic E-state index is 12.3. The molecule has 4 nitrogen and oxygen atoms in total. The molecule has 0 aromatic rings. The highest BCUT2D eigenvalue weighted by molar-refractivity contribution is 5.70. The molecule has 0 bridgehead atoms. The zero-order chi connectivity index (χ0) is 14.0. The molecule has 18 heavy (non-hydrogen) atoms. The summed E-state index contributed by atoms with van der Waals surface area (Å²) in [6, 6.07) is 0.196. The Bertz CT molecular complexity index is 294. The van der Waals surface area contributed by atoms with Crippen LogP contribution in [0.15, 0.2) is 0 Å². The van der Waals surface area contributed by atoms with Crippen LogP contribution in [0.2, 0.25) is 0 Å². The molecule has 0 aromatic carbocycles. The Kier molecular flexibility index (Phi) is 4.65. The lowest BCUT2D eigenvalue weighted by Gasteiger charge is -2.37. The van der Waals surface area contributed by atoms with Crippen LogP contribution < -0.4 is 0 Å². The van der Waals surface area contributed by atoms with Crippen LogP contribution in [-0.4, -0.2) is 39.9 Å². The second-order valence-electron chi connectivity index (χ2n) is 6.72. The van der Waals surface area contributed by atoms with Crippen LogP contribution in [0, 0.1) is 0 Å². The lowest BCUT2D eigenvalue weighted by molar-refractivity contribution is 0.00246. The minimum absolute atomic E-state index is 0.150. The Hall–Kier alpha value is -0.770. The molecular weight excluding hydrogens is 230 g/mol. The molecule has 1 aliphatic heterocycles. The Labute approximate surface area is 110 Å². The van der Waals surface area contributed by atoms with Crippen molar-refractivity contribution >= 4 is 6.09 Å². The third kappa shape index (κ3) is 3.87. The number of nitrogens with zero attached hydrogens (tertiary/aromatic N) is 1. The van der Waals surface area contributed by atoms with E-state index in [-0.39, 0.29) is 24.3 Å². The number of ether oxygens (including phenoxy) is 1. The highest BCUT2D eigenvalue weighted by atomic mass is 16.6. The minimum atomic E-state index is -0.461. The average molecular weight is 257 g/mol. The summed E-state index contributed by atoms with van der Waals surface area (Å²) in [5, 5.41) is 8.93. The highest BCUT2D eigenvalue weighted by Crippen LogP contribution is 2.36. The molecule has 0 spiro atoms. The molecule has 1 unspecified atom stereocenters. The second kappa shape index (κ2) is 5.47. The molecule has 0 radical (unpaired) electrons. The normalized spacial score (nSPS) is 23.2. The van der Waals surface area contributed by atoms with Crippen LogP contribution in [0.5, 0.6) is 0 Å². The van der Waals surface area contributed by atoms with E-state index in [4.69, 9.17) is 9.84 Å². The zero-order valence-corrected chi connectivity index (χ0v) is 12.3. The zero-order valence-electron chi connectivity index (χ0n) is 12.3. The molecule has 1 saturated heterocycles. The summed E-state index contributed by atoms with van der Waals surface area (Å²) in [6.07, 6.45) is 3.33.